The Balaban J connectivity index is 1.44. The Morgan fingerprint density at radius 2 is 1.61 bits per heavy atom. The summed E-state index contributed by atoms with van der Waals surface area (Å²) >= 11 is 3.49. The lowest BCUT2D eigenvalue weighted by atomic mass is 10.1. The van der Waals surface area contributed by atoms with Crippen molar-refractivity contribution in [2.24, 2.45) is 0 Å². The van der Waals surface area contributed by atoms with E-state index in [1.54, 1.807) is 12.1 Å². The maximum absolute atomic E-state index is 13.2. The molecule has 0 saturated carbocycles. The van der Waals surface area contributed by atoms with Gasteiger partial charge in [-0.2, -0.15) is 0 Å². The van der Waals surface area contributed by atoms with E-state index in [2.05, 4.69) is 38.7 Å². The third-order valence-corrected chi connectivity index (χ3v) is 6.33. The predicted molar refractivity (Wildman–Crippen MR) is 122 cm³/mol. The van der Waals surface area contributed by atoms with Crippen molar-refractivity contribution in [2.75, 3.05) is 6.54 Å². The van der Waals surface area contributed by atoms with Crippen LogP contribution in [0.5, 0.6) is 0 Å². The molecule has 0 spiro atoms. The molecule has 1 fully saturated rings. The number of rotatable bonds is 5. The molecule has 1 amide bonds. The third kappa shape index (κ3) is 4.12. The van der Waals surface area contributed by atoms with Crippen molar-refractivity contribution in [3.63, 3.8) is 0 Å². The summed E-state index contributed by atoms with van der Waals surface area (Å²) < 4.78 is 16.5. The Hall–Kier alpha value is -2.99. The number of likely N-dealkylation sites (tertiary alicyclic amines) is 1. The zero-order chi connectivity index (χ0) is 21.4. The summed E-state index contributed by atoms with van der Waals surface area (Å²) in [5.41, 5.74) is 4.13. The van der Waals surface area contributed by atoms with E-state index < -0.39 is 0 Å². The third-order valence-electron chi connectivity index (χ3n) is 5.80. The fraction of sp³-hybridized carbons (Fsp3) is 0.200. The SMILES string of the molecule is O=C1CC(c2nc3ccccc3n2Cc2ccc(Br)cc2)CN1Cc1ccc(F)cc1. The van der Waals surface area contributed by atoms with Crippen molar-refractivity contribution in [2.45, 2.75) is 25.4 Å². The van der Waals surface area contributed by atoms with Crippen LogP contribution >= 0.6 is 15.9 Å². The molecule has 1 unspecified atom stereocenters. The molecule has 0 N–H and O–H groups in total. The molecule has 156 valence electrons. The molecule has 31 heavy (non-hydrogen) atoms. The van der Waals surface area contributed by atoms with Crippen LogP contribution in [0.2, 0.25) is 0 Å². The van der Waals surface area contributed by atoms with Gasteiger partial charge in [0.1, 0.15) is 11.6 Å². The van der Waals surface area contributed by atoms with E-state index in [0.29, 0.717) is 26.1 Å². The van der Waals surface area contributed by atoms with Crippen molar-refractivity contribution in [3.05, 3.63) is 100 Å². The highest BCUT2D eigenvalue weighted by atomic mass is 79.9. The van der Waals surface area contributed by atoms with Crippen LogP contribution in [-0.2, 0) is 17.9 Å². The van der Waals surface area contributed by atoms with Crippen LogP contribution < -0.4 is 0 Å². The highest BCUT2D eigenvalue weighted by molar-refractivity contribution is 9.10. The molecule has 0 radical (unpaired) electrons. The fourth-order valence-electron chi connectivity index (χ4n) is 4.25. The molecule has 1 atom stereocenters. The number of para-hydroxylation sites is 2. The summed E-state index contributed by atoms with van der Waals surface area (Å²) in [6.07, 6.45) is 0.435. The molecule has 0 aliphatic carbocycles. The first-order valence-electron chi connectivity index (χ1n) is 10.3. The van der Waals surface area contributed by atoms with Gasteiger partial charge in [0.05, 0.1) is 11.0 Å². The van der Waals surface area contributed by atoms with Crippen molar-refractivity contribution in [1.29, 1.82) is 0 Å². The smallest absolute Gasteiger partial charge is 0.223 e. The zero-order valence-corrected chi connectivity index (χ0v) is 18.4. The minimum atomic E-state index is -0.268. The number of aromatic nitrogens is 2. The Labute approximate surface area is 188 Å². The maximum Gasteiger partial charge on any atom is 0.223 e. The van der Waals surface area contributed by atoms with Crippen molar-refractivity contribution in [1.82, 2.24) is 14.5 Å². The number of fused-ring (bicyclic) bond motifs is 1. The number of carbonyl (C=O) groups excluding carboxylic acids is 1. The van der Waals surface area contributed by atoms with Gasteiger partial charge < -0.3 is 9.47 Å². The first-order chi connectivity index (χ1) is 15.1. The van der Waals surface area contributed by atoms with E-state index in [1.807, 2.05) is 35.2 Å². The van der Waals surface area contributed by atoms with Crippen LogP contribution in [0.3, 0.4) is 0 Å². The second-order valence-electron chi connectivity index (χ2n) is 7.97. The monoisotopic (exact) mass is 477 g/mol. The number of imidazole rings is 1. The lowest BCUT2D eigenvalue weighted by Gasteiger charge is -2.17. The van der Waals surface area contributed by atoms with Gasteiger partial charge in [-0.1, -0.05) is 52.3 Å². The Morgan fingerprint density at radius 3 is 2.39 bits per heavy atom. The molecule has 6 heteroatoms. The van der Waals surface area contributed by atoms with Crippen LogP contribution in [-0.4, -0.2) is 26.9 Å². The van der Waals surface area contributed by atoms with Gasteiger partial charge in [0.25, 0.3) is 0 Å². The molecule has 1 aliphatic heterocycles. The van der Waals surface area contributed by atoms with Gasteiger partial charge in [-0.3, -0.25) is 4.79 Å². The number of nitrogens with zero attached hydrogens (tertiary/aromatic N) is 3. The highest BCUT2D eigenvalue weighted by Crippen LogP contribution is 2.32. The second kappa shape index (κ2) is 8.27. The van der Waals surface area contributed by atoms with Gasteiger partial charge in [0, 0.05) is 36.4 Å². The van der Waals surface area contributed by atoms with Crippen LogP contribution in [0.15, 0.2) is 77.3 Å². The van der Waals surface area contributed by atoms with E-state index in [0.717, 1.165) is 26.9 Å². The lowest BCUT2D eigenvalue weighted by molar-refractivity contribution is -0.128. The fourth-order valence-corrected chi connectivity index (χ4v) is 4.52. The minimum Gasteiger partial charge on any atom is -0.338 e. The Morgan fingerprint density at radius 1 is 0.935 bits per heavy atom. The summed E-state index contributed by atoms with van der Waals surface area (Å²) in [5, 5.41) is 0. The van der Waals surface area contributed by atoms with Gasteiger partial charge in [-0.15, -0.1) is 0 Å². The minimum absolute atomic E-state index is 0.0239. The van der Waals surface area contributed by atoms with Gasteiger partial charge >= 0.3 is 0 Å². The van der Waals surface area contributed by atoms with Crippen LogP contribution in [0.4, 0.5) is 4.39 Å². The predicted octanol–water partition coefficient (Wildman–Crippen LogP) is 5.50. The van der Waals surface area contributed by atoms with Gasteiger partial charge in [-0.25, -0.2) is 9.37 Å². The lowest BCUT2D eigenvalue weighted by Crippen LogP contribution is -2.24. The summed E-state index contributed by atoms with van der Waals surface area (Å²) in [5.74, 6) is 0.808. The Bertz CT molecular complexity index is 1230. The number of hydrogen-bond acceptors (Lipinski definition) is 2. The molecule has 1 saturated heterocycles. The zero-order valence-electron chi connectivity index (χ0n) is 16.8. The van der Waals surface area contributed by atoms with Gasteiger partial charge in [-0.05, 0) is 47.5 Å². The van der Waals surface area contributed by atoms with E-state index in [9.17, 15) is 9.18 Å². The standard InChI is InChI=1S/C25H21BrFN3O/c26-20-9-5-18(6-10-20)15-30-23-4-2-1-3-22(23)28-25(30)19-13-24(31)29(16-19)14-17-7-11-21(27)12-8-17/h1-12,19H,13-16H2. The molecule has 4 nitrogen and oxygen atoms in total. The first-order valence-corrected chi connectivity index (χ1v) is 11.1. The number of carbonyl (C=O) groups is 1. The summed E-state index contributed by atoms with van der Waals surface area (Å²) in [7, 11) is 0. The number of hydrogen-bond donors (Lipinski definition) is 0. The van der Waals surface area contributed by atoms with Crippen molar-refractivity contribution < 1.29 is 9.18 Å². The maximum atomic E-state index is 13.2. The molecule has 4 aromatic rings. The number of amides is 1. The molecule has 1 aromatic heterocycles. The molecule has 0 bridgehead atoms. The van der Waals surface area contributed by atoms with E-state index in [4.69, 9.17) is 4.98 Å². The molecule has 1 aliphatic rings. The largest absolute Gasteiger partial charge is 0.338 e. The molecule has 2 heterocycles. The van der Waals surface area contributed by atoms with Crippen molar-refractivity contribution >= 4 is 32.9 Å². The van der Waals surface area contributed by atoms with Crippen LogP contribution in [0.25, 0.3) is 11.0 Å². The number of benzene rings is 3. The summed E-state index contributed by atoms with van der Waals surface area (Å²) in [6.45, 7) is 1.80. The van der Waals surface area contributed by atoms with Gasteiger partial charge in [0.15, 0.2) is 0 Å². The highest BCUT2D eigenvalue weighted by Gasteiger charge is 2.34. The second-order valence-corrected chi connectivity index (χ2v) is 8.89. The van der Waals surface area contributed by atoms with E-state index in [-0.39, 0.29) is 17.6 Å². The Kier molecular flexibility index (Phi) is 5.32. The molecular weight excluding hydrogens is 457 g/mol. The van der Waals surface area contributed by atoms with Crippen LogP contribution in [0.1, 0.15) is 29.3 Å². The normalized spacial score (nSPS) is 16.4. The number of halogens is 2. The van der Waals surface area contributed by atoms with Crippen molar-refractivity contribution in [3.8, 4) is 0 Å². The van der Waals surface area contributed by atoms with Crippen LogP contribution in [0, 0.1) is 5.82 Å². The van der Waals surface area contributed by atoms with Gasteiger partial charge in [0.2, 0.25) is 5.91 Å². The molecule has 3 aromatic carbocycles. The topological polar surface area (TPSA) is 38.1 Å². The molecule has 5 rings (SSSR count). The van der Waals surface area contributed by atoms with E-state index >= 15 is 0 Å². The first kappa shape index (κ1) is 19.9. The average Bonchev–Trinajstić information content (AvgIpc) is 3.32. The average molecular weight is 478 g/mol. The summed E-state index contributed by atoms with van der Waals surface area (Å²) in [6, 6.07) is 22.7. The molecular formula is C25H21BrFN3O. The summed E-state index contributed by atoms with van der Waals surface area (Å²) in [4.78, 5) is 19.5. The quantitative estimate of drug-likeness (QED) is 0.380. The van der Waals surface area contributed by atoms with E-state index in [1.165, 1.54) is 17.7 Å².